The van der Waals surface area contributed by atoms with Gasteiger partial charge in [0, 0.05) is 24.4 Å². The molecule has 3 aromatic rings. The smallest absolute Gasteiger partial charge is 0.191 e. The Morgan fingerprint density at radius 3 is 2.42 bits per heavy atom. The average molecular weight is 365 g/mol. The topological polar surface area (TPSA) is 42.7 Å². The molecular formula is C21H24N4S. The Labute approximate surface area is 159 Å². The van der Waals surface area contributed by atoms with Crippen molar-refractivity contribution in [1.82, 2.24) is 20.1 Å². The number of fused-ring (bicyclic) bond motifs is 1. The second kappa shape index (κ2) is 8.06. The minimum atomic E-state index is 0.594. The van der Waals surface area contributed by atoms with Crippen LogP contribution in [0.2, 0.25) is 0 Å². The molecule has 0 bridgehead atoms. The molecule has 0 aliphatic heterocycles. The van der Waals surface area contributed by atoms with Gasteiger partial charge in [0.2, 0.25) is 0 Å². The maximum absolute atomic E-state index is 4.35. The van der Waals surface area contributed by atoms with Crippen LogP contribution in [-0.4, -0.2) is 33.1 Å². The van der Waals surface area contributed by atoms with E-state index in [1.807, 2.05) is 25.2 Å². The molecule has 0 fully saturated rings. The van der Waals surface area contributed by atoms with Crippen molar-refractivity contribution < 1.29 is 0 Å². The molecule has 26 heavy (non-hydrogen) atoms. The van der Waals surface area contributed by atoms with Crippen LogP contribution in [-0.2, 0) is 19.9 Å². The van der Waals surface area contributed by atoms with E-state index in [9.17, 15) is 0 Å². The number of nitrogens with one attached hydrogen (secondary N) is 1. The maximum atomic E-state index is 4.35. The summed E-state index contributed by atoms with van der Waals surface area (Å²) in [5.74, 6) is 1.97. The van der Waals surface area contributed by atoms with Crippen LogP contribution in [0.15, 0.2) is 59.8 Å². The highest BCUT2D eigenvalue weighted by atomic mass is 32.2. The Morgan fingerprint density at radius 2 is 1.69 bits per heavy atom. The Bertz CT molecular complexity index is 834. The molecule has 1 N–H and O–H groups in total. The second-order valence-electron chi connectivity index (χ2n) is 6.76. The lowest BCUT2D eigenvalue weighted by molar-refractivity contribution is 0.533. The number of benzene rings is 2. The van der Waals surface area contributed by atoms with Gasteiger partial charge in [-0.3, -0.25) is 0 Å². The third-order valence-corrected chi connectivity index (χ3v) is 6.01. The first-order valence-corrected chi connectivity index (χ1v) is 10.2. The first-order valence-electron chi connectivity index (χ1n) is 9.19. The van der Waals surface area contributed by atoms with E-state index in [0.717, 1.165) is 48.1 Å². The summed E-state index contributed by atoms with van der Waals surface area (Å²) in [5, 5.41) is 13.4. The summed E-state index contributed by atoms with van der Waals surface area (Å²) in [6.45, 7) is 1.05. The van der Waals surface area contributed by atoms with E-state index in [1.165, 1.54) is 11.1 Å². The molecule has 0 spiro atoms. The van der Waals surface area contributed by atoms with E-state index >= 15 is 0 Å². The van der Waals surface area contributed by atoms with Gasteiger partial charge in [-0.25, -0.2) is 0 Å². The van der Waals surface area contributed by atoms with E-state index in [4.69, 9.17) is 0 Å². The van der Waals surface area contributed by atoms with Gasteiger partial charge in [-0.1, -0.05) is 66.4 Å². The number of nitrogens with zero attached hydrogens (tertiary/aromatic N) is 3. The van der Waals surface area contributed by atoms with Gasteiger partial charge in [-0.05, 0) is 36.9 Å². The summed E-state index contributed by atoms with van der Waals surface area (Å²) in [7, 11) is 2.04. The van der Waals surface area contributed by atoms with Crippen LogP contribution in [0.5, 0.6) is 0 Å². The van der Waals surface area contributed by atoms with Crippen molar-refractivity contribution in [2.75, 3.05) is 12.3 Å². The highest BCUT2D eigenvalue weighted by Crippen LogP contribution is 2.23. The Kier molecular flexibility index (Phi) is 5.37. The molecule has 0 radical (unpaired) electrons. The van der Waals surface area contributed by atoms with Crippen LogP contribution in [0.4, 0.5) is 0 Å². The van der Waals surface area contributed by atoms with E-state index in [1.54, 1.807) is 11.8 Å². The van der Waals surface area contributed by atoms with E-state index in [2.05, 4.69) is 56.5 Å². The SMILES string of the molecule is Cn1c(SCCCNC2Cc3ccccc3C2)nnc1-c1ccccc1. The molecular weight excluding hydrogens is 340 g/mol. The summed E-state index contributed by atoms with van der Waals surface area (Å²) in [5.41, 5.74) is 4.12. The van der Waals surface area contributed by atoms with Crippen LogP contribution in [0, 0.1) is 0 Å². The molecule has 4 nitrogen and oxygen atoms in total. The molecule has 5 heteroatoms. The van der Waals surface area contributed by atoms with E-state index in [0.29, 0.717) is 6.04 Å². The first-order chi connectivity index (χ1) is 12.8. The number of rotatable bonds is 7. The monoisotopic (exact) mass is 364 g/mol. The predicted molar refractivity (Wildman–Crippen MR) is 107 cm³/mol. The quantitative estimate of drug-likeness (QED) is 0.512. The number of thioether (sulfide) groups is 1. The molecule has 1 aliphatic carbocycles. The van der Waals surface area contributed by atoms with Gasteiger partial charge in [-0.15, -0.1) is 10.2 Å². The fourth-order valence-electron chi connectivity index (χ4n) is 3.52. The summed E-state index contributed by atoms with van der Waals surface area (Å²) >= 11 is 1.78. The lowest BCUT2D eigenvalue weighted by Gasteiger charge is -2.11. The van der Waals surface area contributed by atoms with Crippen molar-refractivity contribution in [3.63, 3.8) is 0 Å². The molecule has 0 atom stereocenters. The summed E-state index contributed by atoms with van der Waals surface area (Å²) in [6.07, 6.45) is 3.45. The summed E-state index contributed by atoms with van der Waals surface area (Å²) in [6, 6.07) is 19.6. The standard InChI is InChI=1S/C21H24N4S/c1-25-20(16-8-3-2-4-9-16)23-24-21(25)26-13-7-12-22-19-14-17-10-5-6-11-18(17)15-19/h2-6,8-11,19,22H,7,12-15H2,1H3. The van der Waals surface area contributed by atoms with Crippen molar-refractivity contribution in [3.05, 3.63) is 65.7 Å². The maximum Gasteiger partial charge on any atom is 0.191 e. The molecule has 1 aliphatic rings. The number of aromatic nitrogens is 3. The predicted octanol–water partition coefficient (Wildman–Crippen LogP) is 3.72. The van der Waals surface area contributed by atoms with Crippen molar-refractivity contribution in [2.24, 2.45) is 7.05 Å². The third-order valence-electron chi connectivity index (χ3n) is 4.90. The molecule has 2 aromatic carbocycles. The normalized spacial score (nSPS) is 13.9. The Hall–Kier alpha value is -2.11. The van der Waals surface area contributed by atoms with Crippen molar-refractivity contribution in [2.45, 2.75) is 30.5 Å². The minimum Gasteiger partial charge on any atom is -0.313 e. The summed E-state index contributed by atoms with van der Waals surface area (Å²) < 4.78 is 2.08. The highest BCUT2D eigenvalue weighted by Gasteiger charge is 2.19. The molecule has 1 heterocycles. The lowest BCUT2D eigenvalue weighted by Crippen LogP contribution is -2.30. The molecule has 134 valence electrons. The zero-order chi connectivity index (χ0) is 17.8. The average Bonchev–Trinajstić information content (AvgIpc) is 3.25. The van der Waals surface area contributed by atoms with Gasteiger partial charge in [0.05, 0.1) is 0 Å². The van der Waals surface area contributed by atoms with Gasteiger partial charge < -0.3 is 9.88 Å². The molecule has 0 amide bonds. The van der Waals surface area contributed by atoms with Crippen molar-refractivity contribution >= 4 is 11.8 Å². The largest absolute Gasteiger partial charge is 0.313 e. The van der Waals surface area contributed by atoms with Gasteiger partial charge in [0.1, 0.15) is 0 Å². The van der Waals surface area contributed by atoms with Crippen LogP contribution < -0.4 is 5.32 Å². The molecule has 0 saturated carbocycles. The Morgan fingerprint density at radius 1 is 1.00 bits per heavy atom. The fourth-order valence-corrected chi connectivity index (χ4v) is 4.37. The molecule has 4 rings (SSSR count). The van der Waals surface area contributed by atoms with Gasteiger partial charge >= 0.3 is 0 Å². The fraction of sp³-hybridized carbons (Fsp3) is 0.333. The molecule has 1 aromatic heterocycles. The first kappa shape index (κ1) is 17.3. The Balaban J connectivity index is 1.22. The van der Waals surface area contributed by atoms with Crippen molar-refractivity contribution in [1.29, 1.82) is 0 Å². The zero-order valence-corrected chi connectivity index (χ0v) is 15.9. The zero-order valence-electron chi connectivity index (χ0n) is 15.1. The lowest BCUT2D eigenvalue weighted by atomic mass is 10.1. The van der Waals surface area contributed by atoms with Crippen LogP contribution in [0.1, 0.15) is 17.5 Å². The van der Waals surface area contributed by atoms with Gasteiger partial charge in [-0.2, -0.15) is 0 Å². The third kappa shape index (κ3) is 3.84. The van der Waals surface area contributed by atoms with Crippen LogP contribution >= 0.6 is 11.8 Å². The molecule has 0 unspecified atom stereocenters. The van der Waals surface area contributed by atoms with Crippen LogP contribution in [0.25, 0.3) is 11.4 Å². The van der Waals surface area contributed by atoms with Crippen LogP contribution in [0.3, 0.4) is 0 Å². The molecule has 0 saturated heterocycles. The van der Waals surface area contributed by atoms with Crippen molar-refractivity contribution in [3.8, 4) is 11.4 Å². The second-order valence-corrected chi connectivity index (χ2v) is 7.82. The van der Waals surface area contributed by atoms with Gasteiger partial charge in [0.25, 0.3) is 0 Å². The number of hydrogen-bond acceptors (Lipinski definition) is 4. The van der Waals surface area contributed by atoms with E-state index in [-0.39, 0.29) is 0 Å². The van der Waals surface area contributed by atoms with Gasteiger partial charge in [0.15, 0.2) is 11.0 Å². The number of hydrogen-bond donors (Lipinski definition) is 1. The van der Waals surface area contributed by atoms with E-state index < -0.39 is 0 Å². The minimum absolute atomic E-state index is 0.594. The highest BCUT2D eigenvalue weighted by molar-refractivity contribution is 7.99. The summed E-state index contributed by atoms with van der Waals surface area (Å²) in [4.78, 5) is 0.